The van der Waals surface area contributed by atoms with Crippen LogP contribution in [0.3, 0.4) is 0 Å². The van der Waals surface area contributed by atoms with Crippen molar-refractivity contribution < 1.29 is 0 Å². The highest BCUT2D eigenvalue weighted by atomic mass is 16.1. The molecule has 0 aliphatic carbocycles. The molecule has 0 aliphatic rings. The fraction of sp³-hybridized carbons (Fsp3) is 0. The molecule has 3 rings (SSSR count). The zero-order valence-electron chi connectivity index (χ0n) is 9.55. The third-order valence-corrected chi connectivity index (χ3v) is 2.64. The highest BCUT2D eigenvalue weighted by molar-refractivity contribution is 5.79. The van der Waals surface area contributed by atoms with E-state index in [0.717, 1.165) is 22.4 Å². The Labute approximate surface area is 103 Å². The van der Waals surface area contributed by atoms with E-state index in [1.165, 1.54) is 6.20 Å². The van der Waals surface area contributed by atoms with Crippen molar-refractivity contribution in [3.8, 4) is 0 Å². The van der Waals surface area contributed by atoms with E-state index in [9.17, 15) is 4.79 Å². The summed E-state index contributed by atoms with van der Waals surface area (Å²) in [5, 5.41) is 3.27. The van der Waals surface area contributed by atoms with E-state index < -0.39 is 0 Å². The van der Waals surface area contributed by atoms with Gasteiger partial charge in [-0.3, -0.25) is 4.79 Å². The second-order valence-electron chi connectivity index (χ2n) is 3.97. The quantitative estimate of drug-likeness (QED) is 0.720. The Hall–Kier alpha value is -2.62. The molecule has 4 heteroatoms. The van der Waals surface area contributed by atoms with Gasteiger partial charge in [0.15, 0.2) is 0 Å². The number of anilines is 2. The topological polar surface area (TPSA) is 57.8 Å². The summed E-state index contributed by atoms with van der Waals surface area (Å²) in [4.78, 5) is 18.0. The number of aromatic nitrogens is 2. The minimum absolute atomic E-state index is 0.195. The largest absolute Gasteiger partial charge is 0.355 e. The van der Waals surface area contributed by atoms with Gasteiger partial charge in [-0.15, -0.1) is 0 Å². The van der Waals surface area contributed by atoms with Gasteiger partial charge in [-0.25, -0.2) is 4.98 Å². The van der Waals surface area contributed by atoms with Gasteiger partial charge in [-0.2, -0.15) is 0 Å². The summed E-state index contributed by atoms with van der Waals surface area (Å²) in [6.07, 6.45) is 1.28. The molecule has 0 amide bonds. The predicted molar refractivity (Wildman–Crippen MR) is 72.1 cm³/mol. The molecule has 88 valence electrons. The number of nitrogens with zero attached hydrogens (tertiary/aromatic N) is 1. The van der Waals surface area contributed by atoms with E-state index in [2.05, 4.69) is 15.3 Å². The van der Waals surface area contributed by atoms with Gasteiger partial charge in [0.1, 0.15) is 0 Å². The monoisotopic (exact) mass is 237 g/mol. The maximum atomic E-state index is 11.2. The zero-order chi connectivity index (χ0) is 12.4. The summed E-state index contributed by atoms with van der Waals surface area (Å²) < 4.78 is 0. The van der Waals surface area contributed by atoms with Crippen LogP contribution in [0.2, 0.25) is 0 Å². The molecule has 18 heavy (non-hydrogen) atoms. The Kier molecular flexibility index (Phi) is 2.53. The summed E-state index contributed by atoms with van der Waals surface area (Å²) in [5.74, 6) is 0. The van der Waals surface area contributed by atoms with Gasteiger partial charge in [0.05, 0.1) is 17.2 Å². The van der Waals surface area contributed by atoms with Crippen molar-refractivity contribution in [2.24, 2.45) is 0 Å². The summed E-state index contributed by atoms with van der Waals surface area (Å²) >= 11 is 0. The van der Waals surface area contributed by atoms with Crippen LogP contribution in [0.5, 0.6) is 0 Å². The van der Waals surface area contributed by atoms with Crippen molar-refractivity contribution in [2.45, 2.75) is 0 Å². The average Bonchev–Trinajstić information content (AvgIpc) is 2.39. The summed E-state index contributed by atoms with van der Waals surface area (Å²) in [7, 11) is 0. The number of rotatable bonds is 2. The normalized spacial score (nSPS) is 10.4. The number of aromatic amines is 1. The van der Waals surface area contributed by atoms with Crippen molar-refractivity contribution in [1.29, 1.82) is 0 Å². The van der Waals surface area contributed by atoms with E-state index >= 15 is 0 Å². The van der Waals surface area contributed by atoms with E-state index in [4.69, 9.17) is 0 Å². The molecule has 0 saturated heterocycles. The van der Waals surface area contributed by atoms with Crippen LogP contribution in [-0.2, 0) is 0 Å². The van der Waals surface area contributed by atoms with Crippen LogP contribution in [-0.4, -0.2) is 9.97 Å². The molecule has 0 saturated carbocycles. The molecule has 0 bridgehead atoms. The molecule has 1 heterocycles. The molecule has 4 nitrogen and oxygen atoms in total. The van der Waals surface area contributed by atoms with Gasteiger partial charge in [0.25, 0.3) is 5.56 Å². The third kappa shape index (κ3) is 2.08. The van der Waals surface area contributed by atoms with Gasteiger partial charge in [0, 0.05) is 11.4 Å². The highest BCUT2D eigenvalue weighted by Crippen LogP contribution is 2.19. The first-order valence-corrected chi connectivity index (χ1v) is 5.62. The molecule has 1 aromatic heterocycles. The Morgan fingerprint density at radius 3 is 2.67 bits per heavy atom. The van der Waals surface area contributed by atoms with Gasteiger partial charge < -0.3 is 10.3 Å². The minimum Gasteiger partial charge on any atom is -0.355 e. The van der Waals surface area contributed by atoms with E-state index in [1.807, 2.05) is 48.5 Å². The standard InChI is InChI=1S/C14H11N3O/c18-14-9-15-12-7-6-11(8-13(12)17-14)16-10-4-2-1-3-5-10/h1-9,16H,(H,17,18). The molecular formula is C14H11N3O. The fourth-order valence-corrected chi connectivity index (χ4v) is 1.81. The lowest BCUT2D eigenvalue weighted by atomic mass is 10.2. The molecule has 0 radical (unpaired) electrons. The highest BCUT2D eigenvalue weighted by Gasteiger charge is 1.98. The first-order chi connectivity index (χ1) is 8.81. The summed E-state index contributed by atoms with van der Waals surface area (Å²) in [6.45, 7) is 0. The first-order valence-electron chi connectivity index (χ1n) is 5.62. The minimum atomic E-state index is -0.195. The maximum absolute atomic E-state index is 11.2. The van der Waals surface area contributed by atoms with Crippen LogP contribution < -0.4 is 10.9 Å². The predicted octanol–water partition coefficient (Wildman–Crippen LogP) is 2.67. The van der Waals surface area contributed by atoms with Crippen molar-refractivity contribution >= 4 is 22.4 Å². The van der Waals surface area contributed by atoms with Crippen molar-refractivity contribution in [3.05, 3.63) is 65.1 Å². The molecular weight excluding hydrogens is 226 g/mol. The lowest BCUT2D eigenvalue weighted by Gasteiger charge is -2.06. The van der Waals surface area contributed by atoms with Gasteiger partial charge >= 0.3 is 0 Å². The third-order valence-electron chi connectivity index (χ3n) is 2.64. The second-order valence-corrected chi connectivity index (χ2v) is 3.97. The smallest absolute Gasteiger partial charge is 0.266 e. The zero-order valence-corrected chi connectivity index (χ0v) is 9.55. The second kappa shape index (κ2) is 4.33. The fourth-order valence-electron chi connectivity index (χ4n) is 1.81. The molecule has 2 aromatic carbocycles. The maximum Gasteiger partial charge on any atom is 0.266 e. The van der Waals surface area contributed by atoms with Crippen LogP contribution >= 0.6 is 0 Å². The molecule has 0 atom stereocenters. The lowest BCUT2D eigenvalue weighted by Crippen LogP contribution is -2.04. The number of hydrogen-bond donors (Lipinski definition) is 2. The number of fused-ring (bicyclic) bond motifs is 1. The molecule has 3 aromatic rings. The number of para-hydroxylation sites is 1. The molecule has 0 fully saturated rings. The molecule has 2 N–H and O–H groups in total. The van der Waals surface area contributed by atoms with Crippen LogP contribution in [0.15, 0.2) is 59.5 Å². The molecule has 0 aliphatic heterocycles. The van der Waals surface area contributed by atoms with Gasteiger partial charge in [-0.05, 0) is 30.3 Å². The van der Waals surface area contributed by atoms with E-state index in [-0.39, 0.29) is 5.56 Å². The van der Waals surface area contributed by atoms with Crippen LogP contribution in [0.4, 0.5) is 11.4 Å². The Balaban J connectivity index is 2.00. The van der Waals surface area contributed by atoms with Crippen LogP contribution in [0.1, 0.15) is 0 Å². The SMILES string of the molecule is O=c1cnc2ccc(Nc3ccccc3)cc2[nH]1. The number of H-pyrrole nitrogens is 1. The van der Waals surface area contributed by atoms with Gasteiger partial charge in [0.2, 0.25) is 0 Å². The Morgan fingerprint density at radius 2 is 1.83 bits per heavy atom. The van der Waals surface area contributed by atoms with Crippen LogP contribution in [0.25, 0.3) is 11.0 Å². The number of hydrogen-bond acceptors (Lipinski definition) is 3. The van der Waals surface area contributed by atoms with Crippen molar-refractivity contribution in [3.63, 3.8) is 0 Å². The summed E-state index contributed by atoms with van der Waals surface area (Å²) in [5.41, 5.74) is 3.22. The average molecular weight is 237 g/mol. The van der Waals surface area contributed by atoms with Crippen molar-refractivity contribution in [2.75, 3.05) is 5.32 Å². The number of nitrogens with one attached hydrogen (secondary N) is 2. The molecule has 0 unspecified atom stereocenters. The first kappa shape index (κ1) is 10.5. The van der Waals surface area contributed by atoms with E-state index in [0.29, 0.717) is 0 Å². The molecule has 0 spiro atoms. The number of benzene rings is 2. The Bertz CT molecular complexity index is 735. The van der Waals surface area contributed by atoms with Crippen LogP contribution in [0, 0.1) is 0 Å². The summed E-state index contributed by atoms with van der Waals surface area (Å²) in [6, 6.07) is 15.5. The van der Waals surface area contributed by atoms with Crippen molar-refractivity contribution in [1.82, 2.24) is 9.97 Å². The Morgan fingerprint density at radius 1 is 1.00 bits per heavy atom. The lowest BCUT2D eigenvalue weighted by molar-refractivity contribution is 1.22. The van der Waals surface area contributed by atoms with E-state index in [1.54, 1.807) is 0 Å². The van der Waals surface area contributed by atoms with Gasteiger partial charge in [-0.1, -0.05) is 18.2 Å².